The summed E-state index contributed by atoms with van der Waals surface area (Å²) in [6.45, 7) is 3.65. The molecule has 0 bridgehead atoms. The molecule has 1 saturated carbocycles. The lowest BCUT2D eigenvalue weighted by atomic mass is 9.93. The highest BCUT2D eigenvalue weighted by atomic mass is 35.5. The maximum atomic E-state index is 13.5. The molecule has 2 N–H and O–H groups in total. The van der Waals surface area contributed by atoms with E-state index >= 15 is 0 Å². The summed E-state index contributed by atoms with van der Waals surface area (Å²) < 4.78 is 42.0. The van der Waals surface area contributed by atoms with Crippen LogP contribution in [0.15, 0.2) is 48.3 Å². The Bertz CT molecular complexity index is 1420. The molecule has 1 aliphatic rings. The number of alkyl halides is 3. The van der Waals surface area contributed by atoms with Gasteiger partial charge in [0.05, 0.1) is 23.2 Å². The Labute approximate surface area is 242 Å². The molecular formula is C29H34ClF3N6O2. The molecule has 0 aliphatic heterocycles. The third kappa shape index (κ3) is 6.51. The summed E-state index contributed by atoms with van der Waals surface area (Å²) in [6, 6.07) is 7.70. The van der Waals surface area contributed by atoms with Crippen molar-refractivity contribution < 1.29 is 23.1 Å². The van der Waals surface area contributed by atoms with Gasteiger partial charge < -0.3 is 20.2 Å². The number of benzene rings is 1. The van der Waals surface area contributed by atoms with Crippen LogP contribution in [-0.4, -0.2) is 46.5 Å². The number of anilines is 3. The zero-order valence-corrected chi connectivity index (χ0v) is 24.2. The molecule has 1 aromatic carbocycles. The number of hydrogen-bond acceptors (Lipinski definition) is 6. The van der Waals surface area contributed by atoms with Gasteiger partial charge in [-0.05, 0) is 56.4 Å². The van der Waals surface area contributed by atoms with E-state index in [2.05, 4.69) is 26.5 Å². The number of halogens is 4. The highest BCUT2D eigenvalue weighted by molar-refractivity contribution is 6.34. The summed E-state index contributed by atoms with van der Waals surface area (Å²) in [5, 5.41) is 16.9. The van der Waals surface area contributed by atoms with Crippen LogP contribution in [0, 0.1) is 6.92 Å². The highest BCUT2D eigenvalue weighted by Crippen LogP contribution is 2.40. The Hall–Kier alpha value is -3.57. The van der Waals surface area contributed by atoms with Crippen molar-refractivity contribution in [3.05, 3.63) is 75.7 Å². The second-order valence-corrected chi connectivity index (χ2v) is 10.5. The van der Waals surface area contributed by atoms with Crippen molar-refractivity contribution in [2.75, 3.05) is 30.5 Å². The SMILES string of the molecule is CCCn1nc(C(=O)NC(CO)c2ccc(N(C)C=C3CCC3)cc2)c(C)c1N(C)c1nccc(C(F)(F)F)c1Cl. The number of carbonyl (C=O) groups is 1. The van der Waals surface area contributed by atoms with Crippen molar-refractivity contribution in [1.29, 1.82) is 0 Å². The molecule has 1 aliphatic carbocycles. The fraction of sp³-hybridized carbons (Fsp3) is 0.414. The molecule has 8 nitrogen and oxygen atoms in total. The minimum Gasteiger partial charge on any atom is -0.394 e. The molecule has 1 amide bonds. The lowest BCUT2D eigenvalue weighted by Gasteiger charge is -2.23. The second kappa shape index (κ2) is 12.5. The van der Waals surface area contributed by atoms with E-state index < -0.39 is 28.7 Å². The van der Waals surface area contributed by atoms with E-state index in [0.29, 0.717) is 24.3 Å². The van der Waals surface area contributed by atoms with Crippen LogP contribution in [0.4, 0.5) is 30.5 Å². The fourth-order valence-electron chi connectivity index (χ4n) is 4.80. The van der Waals surface area contributed by atoms with Crippen molar-refractivity contribution in [1.82, 2.24) is 20.1 Å². The summed E-state index contributed by atoms with van der Waals surface area (Å²) in [4.78, 5) is 20.9. The first-order valence-electron chi connectivity index (χ1n) is 13.4. The molecule has 2 heterocycles. The molecule has 3 aromatic rings. The third-order valence-corrected chi connectivity index (χ3v) is 7.55. The van der Waals surface area contributed by atoms with Crippen molar-refractivity contribution in [3.63, 3.8) is 0 Å². The van der Waals surface area contributed by atoms with Gasteiger partial charge in [0.15, 0.2) is 11.5 Å². The van der Waals surface area contributed by atoms with Gasteiger partial charge in [0.25, 0.3) is 5.91 Å². The number of pyridine rings is 1. The molecule has 12 heteroatoms. The molecule has 1 atom stereocenters. The molecule has 4 rings (SSSR count). The number of aliphatic hydroxyl groups is 1. The van der Waals surface area contributed by atoms with Crippen LogP contribution >= 0.6 is 11.6 Å². The minimum absolute atomic E-state index is 0.0883. The molecule has 2 aromatic heterocycles. The first kappa shape index (κ1) is 30.4. The van der Waals surface area contributed by atoms with Crippen LogP contribution in [-0.2, 0) is 12.7 Å². The molecule has 41 heavy (non-hydrogen) atoms. The normalized spacial score (nSPS) is 13.9. The van der Waals surface area contributed by atoms with E-state index in [1.807, 2.05) is 38.2 Å². The van der Waals surface area contributed by atoms with Gasteiger partial charge in [0, 0.05) is 44.3 Å². The number of rotatable bonds is 10. The number of nitrogens with one attached hydrogen (secondary N) is 1. The maximum Gasteiger partial charge on any atom is 0.418 e. The molecule has 1 fully saturated rings. The van der Waals surface area contributed by atoms with E-state index in [1.54, 1.807) is 11.6 Å². The number of hydrogen-bond donors (Lipinski definition) is 2. The predicted octanol–water partition coefficient (Wildman–Crippen LogP) is 6.40. The Morgan fingerprint density at radius 1 is 1.22 bits per heavy atom. The number of carbonyl (C=O) groups excluding carboxylic acids is 1. The van der Waals surface area contributed by atoms with Gasteiger partial charge in [-0.2, -0.15) is 18.3 Å². The van der Waals surface area contributed by atoms with Gasteiger partial charge in [-0.15, -0.1) is 0 Å². The van der Waals surface area contributed by atoms with Gasteiger partial charge in [-0.1, -0.05) is 36.2 Å². The number of allylic oxidation sites excluding steroid dienone is 1. The lowest BCUT2D eigenvalue weighted by molar-refractivity contribution is -0.137. The quantitative estimate of drug-likeness (QED) is 0.284. The van der Waals surface area contributed by atoms with Gasteiger partial charge in [-0.3, -0.25) is 4.79 Å². The van der Waals surface area contributed by atoms with Crippen LogP contribution in [0.3, 0.4) is 0 Å². The van der Waals surface area contributed by atoms with E-state index in [9.17, 15) is 23.1 Å². The average molecular weight is 591 g/mol. The average Bonchev–Trinajstić information content (AvgIpc) is 3.24. The molecule has 0 radical (unpaired) electrons. The van der Waals surface area contributed by atoms with Gasteiger partial charge in [-0.25, -0.2) is 9.67 Å². The molecule has 1 unspecified atom stereocenters. The van der Waals surface area contributed by atoms with Crippen LogP contribution in [0.2, 0.25) is 5.02 Å². The lowest BCUT2D eigenvalue weighted by Crippen LogP contribution is -2.31. The smallest absolute Gasteiger partial charge is 0.394 e. The third-order valence-electron chi connectivity index (χ3n) is 7.18. The zero-order valence-electron chi connectivity index (χ0n) is 23.5. The Morgan fingerprint density at radius 3 is 2.46 bits per heavy atom. The summed E-state index contributed by atoms with van der Waals surface area (Å²) in [5.41, 5.74) is 2.63. The van der Waals surface area contributed by atoms with E-state index in [-0.39, 0.29) is 18.1 Å². The van der Waals surface area contributed by atoms with Crippen molar-refractivity contribution >= 4 is 34.8 Å². The number of amides is 1. The van der Waals surface area contributed by atoms with Gasteiger partial charge in [0.1, 0.15) is 5.82 Å². The van der Waals surface area contributed by atoms with Crippen LogP contribution in [0.1, 0.15) is 65.8 Å². The summed E-state index contributed by atoms with van der Waals surface area (Å²) in [7, 11) is 3.51. The van der Waals surface area contributed by atoms with Crippen molar-refractivity contribution in [2.45, 2.75) is 58.3 Å². The zero-order chi connectivity index (χ0) is 29.9. The van der Waals surface area contributed by atoms with Crippen LogP contribution in [0.5, 0.6) is 0 Å². The Kier molecular flexibility index (Phi) is 9.28. The first-order chi connectivity index (χ1) is 19.5. The monoisotopic (exact) mass is 590 g/mol. The Balaban J connectivity index is 1.59. The maximum absolute atomic E-state index is 13.5. The number of nitrogens with zero attached hydrogens (tertiary/aromatic N) is 5. The van der Waals surface area contributed by atoms with Crippen molar-refractivity contribution in [3.8, 4) is 0 Å². The molecular weight excluding hydrogens is 557 g/mol. The number of aromatic nitrogens is 3. The first-order valence-corrected chi connectivity index (χ1v) is 13.8. The van der Waals surface area contributed by atoms with E-state index in [0.717, 1.165) is 36.4 Å². The number of aliphatic hydroxyl groups excluding tert-OH is 1. The fourth-order valence-corrected chi connectivity index (χ4v) is 5.14. The largest absolute Gasteiger partial charge is 0.418 e. The topological polar surface area (TPSA) is 86.5 Å². The number of aryl methyl sites for hydroxylation is 1. The highest BCUT2D eigenvalue weighted by Gasteiger charge is 2.36. The molecule has 0 saturated heterocycles. The predicted molar refractivity (Wildman–Crippen MR) is 154 cm³/mol. The summed E-state index contributed by atoms with van der Waals surface area (Å²) >= 11 is 6.14. The van der Waals surface area contributed by atoms with Crippen molar-refractivity contribution in [2.24, 2.45) is 0 Å². The van der Waals surface area contributed by atoms with E-state index in [1.165, 1.54) is 23.9 Å². The summed E-state index contributed by atoms with van der Waals surface area (Å²) in [6.07, 6.45) is 2.65. The van der Waals surface area contributed by atoms with Gasteiger partial charge in [0.2, 0.25) is 0 Å². The summed E-state index contributed by atoms with van der Waals surface area (Å²) in [5.74, 6) is -0.246. The van der Waals surface area contributed by atoms with Gasteiger partial charge >= 0.3 is 6.18 Å². The second-order valence-electron chi connectivity index (χ2n) is 10.1. The van der Waals surface area contributed by atoms with Crippen LogP contribution in [0.25, 0.3) is 0 Å². The standard InChI is InChI=1S/C29H34ClF3N6O2/c1-5-15-39-28(38(4)26-24(30)22(13-14-34-26)29(31,32)33)18(2)25(36-39)27(41)35-23(17-40)20-9-11-21(12-10-20)37(3)16-19-7-6-8-19/h9-14,16,23,40H,5-8,15,17H2,1-4H3,(H,35,41). The van der Waals surface area contributed by atoms with E-state index in [4.69, 9.17) is 11.6 Å². The molecule has 220 valence electrons. The van der Waals surface area contributed by atoms with Crippen LogP contribution < -0.4 is 15.1 Å². The Morgan fingerprint density at radius 2 is 1.90 bits per heavy atom. The molecule has 0 spiro atoms. The minimum atomic E-state index is -4.65.